The van der Waals surface area contributed by atoms with E-state index in [0.29, 0.717) is 44.3 Å². The lowest BCUT2D eigenvalue weighted by Gasteiger charge is -2.09. The van der Waals surface area contributed by atoms with Crippen LogP contribution >= 0.6 is 11.6 Å². The standard InChI is InChI=1S/C27H18ClN3O4/c1-3-12-34-23-10-8-17(13-24(23)33-2)16-29-31-26(30-21-7-5-4-6-20(21)27(31)32)25-15-18-14-19(28)9-11-22(18)35-25/h1,4-11,13-16H,12H2,2H3. The second kappa shape index (κ2) is 9.37. The van der Waals surface area contributed by atoms with E-state index in [1.165, 1.54) is 18.0 Å². The van der Waals surface area contributed by atoms with Crippen molar-refractivity contribution in [3.05, 3.63) is 87.7 Å². The molecule has 0 aliphatic rings. The van der Waals surface area contributed by atoms with Crippen LogP contribution in [0.15, 0.2) is 81.0 Å². The first-order valence-electron chi connectivity index (χ1n) is 10.6. The minimum absolute atomic E-state index is 0.119. The summed E-state index contributed by atoms with van der Waals surface area (Å²) in [6, 6.07) is 19.4. The molecule has 8 heteroatoms. The lowest BCUT2D eigenvalue weighted by molar-refractivity contribution is 0.331. The van der Waals surface area contributed by atoms with Gasteiger partial charge in [0.25, 0.3) is 5.56 Å². The molecule has 0 bridgehead atoms. The van der Waals surface area contributed by atoms with Gasteiger partial charge in [0.1, 0.15) is 12.2 Å². The van der Waals surface area contributed by atoms with Crippen LogP contribution in [-0.4, -0.2) is 29.6 Å². The number of ether oxygens (including phenoxy) is 2. The van der Waals surface area contributed by atoms with Crippen molar-refractivity contribution in [3.8, 4) is 35.4 Å². The van der Waals surface area contributed by atoms with Gasteiger partial charge in [0.2, 0.25) is 5.82 Å². The molecule has 2 aromatic heterocycles. The smallest absolute Gasteiger partial charge is 0.282 e. The van der Waals surface area contributed by atoms with Crippen LogP contribution in [-0.2, 0) is 0 Å². The molecule has 0 aliphatic carbocycles. The predicted molar refractivity (Wildman–Crippen MR) is 137 cm³/mol. The van der Waals surface area contributed by atoms with Crippen molar-refractivity contribution in [1.29, 1.82) is 0 Å². The molecule has 0 amide bonds. The number of terminal acetylenes is 1. The van der Waals surface area contributed by atoms with Crippen molar-refractivity contribution in [2.45, 2.75) is 0 Å². The van der Waals surface area contributed by atoms with Gasteiger partial charge in [0.15, 0.2) is 17.3 Å². The van der Waals surface area contributed by atoms with Crippen LogP contribution < -0.4 is 15.0 Å². The molecule has 5 rings (SSSR count). The molecule has 0 fully saturated rings. The number of fused-ring (bicyclic) bond motifs is 2. The highest BCUT2D eigenvalue weighted by Gasteiger charge is 2.16. The summed E-state index contributed by atoms with van der Waals surface area (Å²) in [6.07, 6.45) is 6.80. The summed E-state index contributed by atoms with van der Waals surface area (Å²) >= 11 is 6.13. The van der Waals surface area contributed by atoms with E-state index in [1.807, 2.05) is 6.07 Å². The van der Waals surface area contributed by atoms with Crippen LogP contribution in [0.2, 0.25) is 5.02 Å². The van der Waals surface area contributed by atoms with Crippen molar-refractivity contribution in [3.63, 3.8) is 0 Å². The van der Waals surface area contributed by atoms with Gasteiger partial charge in [-0.3, -0.25) is 4.79 Å². The van der Waals surface area contributed by atoms with E-state index in [4.69, 9.17) is 31.9 Å². The number of furan rings is 1. The molecule has 3 aromatic carbocycles. The Kier molecular flexibility index (Phi) is 5.96. The van der Waals surface area contributed by atoms with Gasteiger partial charge in [-0.05, 0) is 60.2 Å². The molecular weight excluding hydrogens is 466 g/mol. The average molecular weight is 484 g/mol. The van der Waals surface area contributed by atoms with E-state index in [-0.39, 0.29) is 18.0 Å². The summed E-state index contributed by atoms with van der Waals surface area (Å²) in [4.78, 5) is 18.1. The van der Waals surface area contributed by atoms with Crippen molar-refractivity contribution in [1.82, 2.24) is 9.66 Å². The quantitative estimate of drug-likeness (QED) is 0.240. The third-order valence-corrected chi connectivity index (χ3v) is 5.51. The maximum Gasteiger partial charge on any atom is 0.282 e. The van der Waals surface area contributed by atoms with Crippen LogP contribution in [0.3, 0.4) is 0 Å². The van der Waals surface area contributed by atoms with Gasteiger partial charge in [-0.1, -0.05) is 29.7 Å². The third-order valence-electron chi connectivity index (χ3n) is 5.27. The topological polar surface area (TPSA) is 78.9 Å². The Balaban J connectivity index is 1.64. The summed E-state index contributed by atoms with van der Waals surface area (Å²) in [7, 11) is 1.53. The summed E-state index contributed by atoms with van der Waals surface area (Å²) in [5.41, 5.74) is 1.50. The van der Waals surface area contributed by atoms with Crippen LogP contribution in [0.5, 0.6) is 11.5 Å². The molecule has 7 nitrogen and oxygen atoms in total. The van der Waals surface area contributed by atoms with E-state index in [1.54, 1.807) is 60.7 Å². The van der Waals surface area contributed by atoms with Crippen LogP contribution in [0.1, 0.15) is 5.56 Å². The Morgan fingerprint density at radius 3 is 2.83 bits per heavy atom. The Hall–Kier alpha value is -4.54. The highest BCUT2D eigenvalue weighted by Crippen LogP contribution is 2.30. The zero-order chi connectivity index (χ0) is 24.4. The number of rotatable bonds is 6. The van der Waals surface area contributed by atoms with Crippen LogP contribution in [0, 0.1) is 12.3 Å². The Morgan fingerprint density at radius 2 is 2.00 bits per heavy atom. The molecule has 5 aromatic rings. The Bertz CT molecular complexity index is 1700. The van der Waals surface area contributed by atoms with E-state index >= 15 is 0 Å². The second-order valence-corrected chi connectivity index (χ2v) is 7.95. The lowest BCUT2D eigenvalue weighted by atomic mass is 10.2. The molecular formula is C27H18ClN3O4. The van der Waals surface area contributed by atoms with Gasteiger partial charge in [0.05, 0.1) is 24.2 Å². The fourth-order valence-electron chi connectivity index (χ4n) is 3.64. The summed E-state index contributed by atoms with van der Waals surface area (Å²) in [6.45, 7) is 0.119. The first-order chi connectivity index (χ1) is 17.1. The number of methoxy groups -OCH3 is 1. The number of hydrogen-bond acceptors (Lipinski definition) is 6. The predicted octanol–water partition coefficient (Wildman–Crippen LogP) is 5.37. The number of aromatic nitrogens is 2. The van der Waals surface area contributed by atoms with Gasteiger partial charge in [0, 0.05) is 10.4 Å². The van der Waals surface area contributed by atoms with E-state index in [9.17, 15) is 4.79 Å². The monoisotopic (exact) mass is 483 g/mol. The molecule has 172 valence electrons. The van der Waals surface area contributed by atoms with Gasteiger partial charge in [-0.15, -0.1) is 6.42 Å². The first-order valence-corrected chi connectivity index (χ1v) is 10.9. The molecule has 35 heavy (non-hydrogen) atoms. The second-order valence-electron chi connectivity index (χ2n) is 7.51. The van der Waals surface area contributed by atoms with Crippen molar-refractivity contribution >= 4 is 39.7 Å². The molecule has 0 radical (unpaired) electrons. The summed E-state index contributed by atoms with van der Waals surface area (Å²) in [5, 5.41) is 6.26. The third kappa shape index (κ3) is 4.35. The van der Waals surface area contributed by atoms with Crippen LogP contribution in [0.25, 0.3) is 33.5 Å². The minimum Gasteiger partial charge on any atom is -0.493 e. The highest BCUT2D eigenvalue weighted by atomic mass is 35.5. The number of benzene rings is 3. The first kappa shape index (κ1) is 22.3. The molecule has 0 saturated carbocycles. The van der Waals surface area contributed by atoms with Crippen molar-refractivity contribution in [2.75, 3.05) is 13.7 Å². The highest BCUT2D eigenvalue weighted by molar-refractivity contribution is 6.31. The van der Waals surface area contributed by atoms with Crippen LogP contribution in [0.4, 0.5) is 0 Å². The van der Waals surface area contributed by atoms with Gasteiger partial charge in [-0.25, -0.2) is 4.98 Å². The average Bonchev–Trinajstić information content (AvgIpc) is 3.30. The van der Waals surface area contributed by atoms with Crippen molar-refractivity contribution < 1.29 is 13.9 Å². The number of para-hydroxylation sites is 1. The normalized spacial score (nSPS) is 11.2. The molecule has 0 spiro atoms. The number of halogens is 1. The van der Waals surface area contributed by atoms with E-state index in [0.717, 1.165) is 5.39 Å². The summed E-state index contributed by atoms with van der Waals surface area (Å²) in [5.74, 6) is 4.06. The fraction of sp³-hybridized carbons (Fsp3) is 0.0741. The molecule has 0 aliphatic heterocycles. The zero-order valence-electron chi connectivity index (χ0n) is 18.6. The van der Waals surface area contributed by atoms with E-state index < -0.39 is 0 Å². The lowest BCUT2D eigenvalue weighted by Crippen LogP contribution is -2.20. The zero-order valence-corrected chi connectivity index (χ0v) is 19.3. The Morgan fingerprint density at radius 1 is 1.14 bits per heavy atom. The molecule has 0 N–H and O–H groups in total. The van der Waals surface area contributed by atoms with Gasteiger partial charge < -0.3 is 13.9 Å². The molecule has 0 saturated heterocycles. The van der Waals surface area contributed by atoms with Gasteiger partial charge in [-0.2, -0.15) is 9.78 Å². The largest absolute Gasteiger partial charge is 0.493 e. The number of hydrogen-bond donors (Lipinski definition) is 0. The SMILES string of the molecule is C#CCOc1ccc(C=Nn2c(-c3cc4cc(Cl)ccc4o3)nc3ccccc3c2=O)cc1OC. The fourth-order valence-corrected chi connectivity index (χ4v) is 3.82. The maximum absolute atomic E-state index is 13.4. The number of nitrogens with zero attached hydrogens (tertiary/aromatic N) is 3. The van der Waals surface area contributed by atoms with Gasteiger partial charge >= 0.3 is 0 Å². The Labute approximate surface area is 205 Å². The van der Waals surface area contributed by atoms with Crippen molar-refractivity contribution in [2.24, 2.45) is 5.10 Å². The molecule has 0 atom stereocenters. The molecule has 2 heterocycles. The van der Waals surface area contributed by atoms with E-state index in [2.05, 4.69) is 16.0 Å². The summed E-state index contributed by atoms with van der Waals surface area (Å²) < 4.78 is 18.1. The minimum atomic E-state index is -0.332. The maximum atomic E-state index is 13.4. The molecule has 0 unspecified atom stereocenters.